The van der Waals surface area contributed by atoms with Crippen molar-refractivity contribution in [3.8, 4) is 0 Å². The molecule has 2 aliphatic heterocycles. The molecule has 10 heteroatoms. The van der Waals surface area contributed by atoms with Gasteiger partial charge in [0, 0.05) is 39.3 Å². The molecule has 2 heterocycles. The molecule has 0 aromatic heterocycles. The van der Waals surface area contributed by atoms with Crippen molar-refractivity contribution in [3.05, 3.63) is 42.5 Å². The van der Waals surface area contributed by atoms with E-state index >= 15 is 0 Å². The molecule has 0 saturated carbocycles. The highest BCUT2D eigenvalue weighted by Gasteiger charge is 2.36. The highest BCUT2D eigenvalue weighted by molar-refractivity contribution is 7.89. The Balaban J connectivity index is 1.49. The minimum Gasteiger partial charge on any atom is -0.379 e. The van der Waals surface area contributed by atoms with Crippen molar-refractivity contribution in [3.63, 3.8) is 0 Å². The molecular weight excluding hydrogens is 402 g/mol. The Labute approximate surface area is 165 Å². The molecule has 152 valence electrons. The SMILES string of the molecule is O=S(=O)(c1ccc2ccccc2c1)N1CCN(S(=O)(=O)N2CCOCC2)CC1. The first-order valence-corrected chi connectivity index (χ1v) is 12.0. The zero-order valence-corrected chi connectivity index (χ0v) is 17.0. The smallest absolute Gasteiger partial charge is 0.282 e. The van der Waals surface area contributed by atoms with Crippen LogP contribution in [0, 0.1) is 0 Å². The number of rotatable bonds is 4. The molecule has 2 aliphatic rings. The first-order valence-electron chi connectivity index (χ1n) is 9.21. The standard InChI is InChI=1S/C18H23N3O5S2/c22-27(23,18-6-5-16-3-1-2-4-17(16)15-18)19-7-9-20(10-8-19)28(24,25)21-11-13-26-14-12-21/h1-6,15H,7-14H2. The van der Waals surface area contributed by atoms with Gasteiger partial charge in [-0.05, 0) is 22.9 Å². The predicted molar refractivity (Wildman–Crippen MR) is 106 cm³/mol. The molecule has 8 nitrogen and oxygen atoms in total. The van der Waals surface area contributed by atoms with Gasteiger partial charge in [-0.3, -0.25) is 0 Å². The van der Waals surface area contributed by atoms with E-state index in [2.05, 4.69) is 0 Å². The molecular formula is C18H23N3O5S2. The zero-order valence-electron chi connectivity index (χ0n) is 15.4. The predicted octanol–water partition coefficient (Wildman–Crippen LogP) is 0.723. The summed E-state index contributed by atoms with van der Waals surface area (Å²) >= 11 is 0. The summed E-state index contributed by atoms with van der Waals surface area (Å²) in [4.78, 5) is 0.232. The molecule has 28 heavy (non-hydrogen) atoms. The lowest BCUT2D eigenvalue weighted by atomic mass is 10.1. The Bertz CT molecular complexity index is 1060. The normalized spacial score (nSPS) is 21.1. The summed E-state index contributed by atoms with van der Waals surface area (Å²) in [6.07, 6.45) is 0. The Morgan fingerprint density at radius 1 is 0.679 bits per heavy atom. The number of hydrogen-bond acceptors (Lipinski definition) is 5. The Hall–Kier alpha value is -1.56. The van der Waals surface area contributed by atoms with Crippen LogP contribution in [0.25, 0.3) is 10.8 Å². The summed E-state index contributed by atoms with van der Waals surface area (Å²) in [5, 5.41) is 1.83. The maximum Gasteiger partial charge on any atom is 0.282 e. The average Bonchev–Trinajstić information content (AvgIpc) is 2.74. The van der Waals surface area contributed by atoms with Crippen molar-refractivity contribution in [1.82, 2.24) is 12.9 Å². The fourth-order valence-electron chi connectivity index (χ4n) is 3.56. The van der Waals surface area contributed by atoms with E-state index in [1.807, 2.05) is 24.3 Å². The summed E-state index contributed by atoms with van der Waals surface area (Å²) < 4.78 is 60.9. The second-order valence-corrected chi connectivity index (χ2v) is 10.7. The van der Waals surface area contributed by atoms with Gasteiger partial charge in [0.05, 0.1) is 18.1 Å². The minimum absolute atomic E-state index is 0.138. The third kappa shape index (κ3) is 3.68. The third-order valence-corrected chi connectivity index (χ3v) is 9.11. The van der Waals surface area contributed by atoms with Crippen LogP contribution >= 0.6 is 0 Å². The first-order chi connectivity index (χ1) is 13.4. The van der Waals surface area contributed by atoms with Crippen molar-refractivity contribution in [1.29, 1.82) is 0 Å². The van der Waals surface area contributed by atoms with Gasteiger partial charge in [0.2, 0.25) is 10.0 Å². The molecule has 0 amide bonds. The summed E-state index contributed by atoms with van der Waals surface area (Å²) in [7, 11) is -7.25. The fraction of sp³-hybridized carbons (Fsp3) is 0.444. The molecule has 0 radical (unpaired) electrons. The second-order valence-electron chi connectivity index (χ2n) is 6.83. The van der Waals surface area contributed by atoms with E-state index in [0.29, 0.717) is 26.3 Å². The number of sulfonamides is 1. The fourth-order valence-corrected chi connectivity index (χ4v) is 6.58. The largest absolute Gasteiger partial charge is 0.379 e. The highest BCUT2D eigenvalue weighted by atomic mass is 32.2. The minimum atomic E-state index is -3.67. The van der Waals surface area contributed by atoms with E-state index in [0.717, 1.165) is 10.8 Å². The van der Waals surface area contributed by atoms with E-state index in [-0.39, 0.29) is 31.1 Å². The van der Waals surface area contributed by atoms with Gasteiger partial charge in [0.15, 0.2) is 0 Å². The highest BCUT2D eigenvalue weighted by Crippen LogP contribution is 2.24. The van der Waals surface area contributed by atoms with Crippen molar-refractivity contribution in [2.24, 2.45) is 0 Å². The van der Waals surface area contributed by atoms with Gasteiger partial charge in [-0.15, -0.1) is 0 Å². The van der Waals surface area contributed by atoms with Crippen LogP contribution in [-0.2, 0) is 25.0 Å². The summed E-state index contributed by atoms with van der Waals surface area (Å²) in [6, 6.07) is 12.7. The van der Waals surface area contributed by atoms with Crippen LogP contribution in [0.5, 0.6) is 0 Å². The number of hydrogen-bond donors (Lipinski definition) is 0. The van der Waals surface area contributed by atoms with Gasteiger partial charge in [-0.1, -0.05) is 30.3 Å². The van der Waals surface area contributed by atoms with E-state index in [1.165, 1.54) is 12.9 Å². The topological polar surface area (TPSA) is 87.2 Å². The molecule has 0 bridgehead atoms. The molecule has 0 aliphatic carbocycles. The zero-order chi connectivity index (χ0) is 19.8. The van der Waals surface area contributed by atoms with Crippen LogP contribution in [-0.4, -0.2) is 82.2 Å². The van der Waals surface area contributed by atoms with Gasteiger partial charge in [-0.25, -0.2) is 8.42 Å². The summed E-state index contributed by atoms with van der Waals surface area (Å²) in [5.41, 5.74) is 0. The van der Waals surface area contributed by atoms with Gasteiger partial charge >= 0.3 is 0 Å². The Morgan fingerprint density at radius 3 is 1.93 bits per heavy atom. The molecule has 2 aromatic carbocycles. The van der Waals surface area contributed by atoms with Crippen molar-refractivity contribution in [2.75, 3.05) is 52.5 Å². The number of piperazine rings is 1. The molecule has 4 rings (SSSR count). The van der Waals surface area contributed by atoms with E-state index in [1.54, 1.807) is 18.2 Å². The van der Waals surface area contributed by atoms with Crippen molar-refractivity contribution >= 4 is 31.0 Å². The number of ether oxygens (including phenoxy) is 1. The van der Waals surface area contributed by atoms with Crippen LogP contribution < -0.4 is 0 Å². The third-order valence-electron chi connectivity index (χ3n) is 5.18. The van der Waals surface area contributed by atoms with Crippen LogP contribution in [0.4, 0.5) is 0 Å². The Kier molecular flexibility index (Phi) is 5.43. The number of benzene rings is 2. The van der Waals surface area contributed by atoms with Gasteiger partial charge < -0.3 is 4.74 Å². The average molecular weight is 426 g/mol. The van der Waals surface area contributed by atoms with Gasteiger partial charge in [-0.2, -0.15) is 21.3 Å². The van der Waals surface area contributed by atoms with Crippen molar-refractivity contribution in [2.45, 2.75) is 4.90 Å². The molecule has 0 spiro atoms. The molecule has 2 fully saturated rings. The van der Waals surface area contributed by atoms with Crippen LogP contribution in [0.3, 0.4) is 0 Å². The Morgan fingerprint density at radius 2 is 1.25 bits per heavy atom. The van der Waals surface area contributed by atoms with Crippen LogP contribution in [0.1, 0.15) is 0 Å². The first kappa shape index (κ1) is 19.7. The molecule has 0 atom stereocenters. The molecule has 0 unspecified atom stereocenters. The maximum absolute atomic E-state index is 13.0. The lowest BCUT2D eigenvalue weighted by Crippen LogP contribution is -2.55. The maximum atomic E-state index is 13.0. The summed E-state index contributed by atoms with van der Waals surface area (Å²) in [6.45, 7) is 2.00. The monoisotopic (exact) mass is 425 g/mol. The van der Waals surface area contributed by atoms with Gasteiger partial charge in [0.25, 0.3) is 10.2 Å². The molecule has 0 N–H and O–H groups in total. The van der Waals surface area contributed by atoms with E-state index < -0.39 is 20.2 Å². The second kappa shape index (κ2) is 7.69. The van der Waals surface area contributed by atoms with E-state index in [9.17, 15) is 16.8 Å². The summed E-state index contributed by atoms with van der Waals surface area (Å²) in [5.74, 6) is 0. The van der Waals surface area contributed by atoms with Gasteiger partial charge in [0.1, 0.15) is 0 Å². The molecule has 2 saturated heterocycles. The number of fused-ring (bicyclic) bond motifs is 1. The van der Waals surface area contributed by atoms with E-state index in [4.69, 9.17) is 4.74 Å². The van der Waals surface area contributed by atoms with Crippen LogP contribution in [0.15, 0.2) is 47.4 Å². The number of morpholine rings is 1. The number of nitrogens with zero attached hydrogens (tertiary/aromatic N) is 3. The molecule has 2 aromatic rings. The van der Waals surface area contributed by atoms with Crippen molar-refractivity contribution < 1.29 is 21.6 Å². The quantitative estimate of drug-likeness (QED) is 0.721. The lowest BCUT2D eigenvalue weighted by molar-refractivity contribution is 0.0694. The van der Waals surface area contributed by atoms with Crippen LogP contribution in [0.2, 0.25) is 0 Å². The lowest BCUT2D eigenvalue weighted by Gasteiger charge is -2.37.